The van der Waals surface area contributed by atoms with Gasteiger partial charge in [-0.1, -0.05) is 36.8 Å². The van der Waals surface area contributed by atoms with E-state index in [1.165, 1.54) is 31.2 Å². The maximum Gasteiger partial charge on any atom is 0.223 e. The third kappa shape index (κ3) is 2.49. The normalized spacial score (nSPS) is 38.2. The van der Waals surface area contributed by atoms with Crippen LogP contribution in [0.5, 0.6) is 0 Å². The first kappa shape index (κ1) is 13.4. The molecule has 0 aromatic heterocycles. The summed E-state index contributed by atoms with van der Waals surface area (Å²) < 4.78 is 0. The second-order valence-corrected chi connectivity index (χ2v) is 7.50. The predicted molar refractivity (Wildman–Crippen MR) is 83.8 cm³/mol. The Balaban J connectivity index is 1.33. The molecule has 0 aliphatic heterocycles. The smallest absolute Gasteiger partial charge is 0.223 e. The number of benzene rings is 1. The van der Waals surface area contributed by atoms with Gasteiger partial charge in [0, 0.05) is 12.0 Å². The van der Waals surface area contributed by atoms with Gasteiger partial charge in [0.25, 0.3) is 0 Å². The number of nitrogens with one attached hydrogen (secondary N) is 1. The molecule has 3 aliphatic carbocycles. The van der Waals surface area contributed by atoms with Crippen molar-refractivity contribution in [1.82, 2.24) is 5.32 Å². The summed E-state index contributed by atoms with van der Waals surface area (Å²) in [5.41, 5.74) is 1.32. The molecule has 3 aliphatic rings. The van der Waals surface area contributed by atoms with Gasteiger partial charge in [-0.25, -0.2) is 0 Å². The first-order valence-corrected chi connectivity index (χ1v) is 8.57. The number of carbonyl (C=O) groups is 1. The molecule has 112 valence electrons. The van der Waals surface area contributed by atoms with Gasteiger partial charge in [0.05, 0.1) is 0 Å². The zero-order valence-electron chi connectivity index (χ0n) is 12.8. The summed E-state index contributed by atoms with van der Waals surface area (Å²) in [6, 6.07) is 10.8. The first-order chi connectivity index (χ1) is 10.2. The molecule has 0 unspecified atom stereocenters. The van der Waals surface area contributed by atoms with Gasteiger partial charge in [-0.05, 0) is 61.8 Å². The van der Waals surface area contributed by atoms with Gasteiger partial charge in [-0.15, -0.1) is 0 Å². The van der Waals surface area contributed by atoms with E-state index in [1.807, 2.05) is 6.07 Å². The highest BCUT2D eigenvalue weighted by atomic mass is 16.2. The van der Waals surface area contributed by atoms with E-state index in [0.29, 0.717) is 17.9 Å². The minimum Gasteiger partial charge on any atom is -0.353 e. The molecular weight excluding hydrogens is 258 g/mol. The van der Waals surface area contributed by atoms with Gasteiger partial charge < -0.3 is 5.32 Å². The van der Waals surface area contributed by atoms with E-state index in [-0.39, 0.29) is 5.92 Å². The molecule has 0 radical (unpaired) electrons. The van der Waals surface area contributed by atoms with E-state index in [0.717, 1.165) is 24.2 Å². The van der Waals surface area contributed by atoms with Crippen LogP contribution in [0.4, 0.5) is 0 Å². The molecule has 2 heteroatoms. The van der Waals surface area contributed by atoms with Crippen molar-refractivity contribution < 1.29 is 4.79 Å². The van der Waals surface area contributed by atoms with E-state index in [1.54, 1.807) is 0 Å². The molecule has 6 atom stereocenters. The van der Waals surface area contributed by atoms with E-state index < -0.39 is 0 Å². The van der Waals surface area contributed by atoms with Crippen LogP contribution in [0.2, 0.25) is 0 Å². The molecule has 2 bridgehead atoms. The van der Waals surface area contributed by atoms with E-state index in [2.05, 4.69) is 36.5 Å². The number of fused-ring (bicyclic) bond motifs is 2. The molecule has 1 N–H and O–H groups in total. The Bertz CT molecular complexity index is 526. The zero-order valence-corrected chi connectivity index (χ0v) is 12.8. The quantitative estimate of drug-likeness (QED) is 0.896. The molecule has 3 fully saturated rings. The minimum absolute atomic E-state index is 0.216. The van der Waals surface area contributed by atoms with Crippen molar-refractivity contribution in [2.24, 2.45) is 23.7 Å². The molecule has 0 saturated heterocycles. The fourth-order valence-corrected chi connectivity index (χ4v) is 4.90. The lowest BCUT2D eigenvalue weighted by Gasteiger charge is -2.28. The molecular formula is C19H25NO. The lowest BCUT2D eigenvalue weighted by Crippen LogP contribution is -2.41. The van der Waals surface area contributed by atoms with Gasteiger partial charge in [0.15, 0.2) is 0 Å². The van der Waals surface area contributed by atoms with Crippen molar-refractivity contribution in [3.63, 3.8) is 0 Å². The summed E-state index contributed by atoms with van der Waals surface area (Å²) in [5, 5.41) is 3.33. The zero-order chi connectivity index (χ0) is 14.4. The van der Waals surface area contributed by atoms with Crippen LogP contribution in [-0.4, -0.2) is 11.9 Å². The van der Waals surface area contributed by atoms with E-state index >= 15 is 0 Å². The Morgan fingerprint density at radius 2 is 1.95 bits per heavy atom. The lowest BCUT2D eigenvalue weighted by atomic mass is 9.84. The van der Waals surface area contributed by atoms with Crippen LogP contribution in [0.1, 0.15) is 50.5 Å². The monoisotopic (exact) mass is 283 g/mol. The molecule has 21 heavy (non-hydrogen) atoms. The van der Waals surface area contributed by atoms with Gasteiger partial charge >= 0.3 is 0 Å². The third-order valence-corrected chi connectivity index (χ3v) is 6.16. The van der Waals surface area contributed by atoms with Crippen LogP contribution in [0.3, 0.4) is 0 Å². The molecule has 3 saturated carbocycles. The lowest BCUT2D eigenvalue weighted by molar-refractivity contribution is -0.123. The van der Waals surface area contributed by atoms with Gasteiger partial charge in [-0.2, -0.15) is 0 Å². The summed E-state index contributed by atoms with van der Waals surface area (Å²) in [7, 11) is 0. The Labute approximate surface area is 127 Å². The predicted octanol–water partition coefficient (Wildman–Crippen LogP) is 3.73. The number of amides is 1. The summed E-state index contributed by atoms with van der Waals surface area (Å²) in [4.78, 5) is 12.5. The summed E-state index contributed by atoms with van der Waals surface area (Å²) in [6.07, 6.45) is 6.62. The fourth-order valence-electron chi connectivity index (χ4n) is 4.90. The first-order valence-electron chi connectivity index (χ1n) is 8.57. The van der Waals surface area contributed by atoms with Crippen molar-refractivity contribution >= 4 is 5.91 Å². The second-order valence-electron chi connectivity index (χ2n) is 7.50. The van der Waals surface area contributed by atoms with E-state index in [9.17, 15) is 4.79 Å². The number of carbonyl (C=O) groups excluding carboxylic acids is 1. The van der Waals surface area contributed by atoms with Crippen molar-refractivity contribution in [2.45, 2.75) is 51.0 Å². The van der Waals surface area contributed by atoms with Crippen molar-refractivity contribution in [3.8, 4) is 0 Å². The summed E-state index contributed by atoms with van der Waals surface area (Å²) >= 11 is 0. The van der Waals surface area contributed by atoms with Gasteiger partial charge in [-0.3, -0.25) is 4.79 Å². The molecule has 0 heterocycles. The Kier molecular flexibility index (Phi) is 3.28. The Hall–Kier alpha value is -1.31. The summed E-state index contributed by atoms with van der Waals surface area (Å²) in [6.45, 7) is 2.23. The SMILES string of the molecule is C[C@H](NC(=O)[C@@H]1C[C@@H]1c1ccccc1)[C@H]1C[C@H]2CC[C@H]1C2. The van der Waals surface area contributed by atoms with Crippen molar-refractivity contribution in [3.05, 3.63) is 35.9 Å². The average molecular weight is 283 g/mol. The Morgan fingerprint density at radius 3 is 2.62 bits per heavy atom. The highest BCUT2D eigenvalue weighted by Gasteiger charge is 2.46. The summed E-state index contributed by atoms with van der Waals surface area (Å²) in [5.74, 6) is 3.54. The minimum atomic E-state index is 0.216. The third-order valence-electron chi connectivity index (χ3n) is 6.16. The molecule has 1 aromatic rings. The second kappa shape index (κ2) is 5.15. The topological polar surface area (TPSA) is 29.1 Å². The fraction of sp³-hybridized carbons (Fsp3) is 0.632. The molecule has 4 rings (SSSR count). The van der Waals surface area contributed by atoms with Crippen LogP contribution in [0, 0.1) is 23.7 Å². The maximum absolute atomic E-state index is 12.5. The van der Waals surface area contributed by atoms with E-state index in [4.69, 9.17) is 0 Å². The maximum atomic E-state index is 12.5. The molecule has 1 aromatic carbocycles. The van der Waals surface area contributed by atoms with Crippen LogP contribution in [-0.2, 0) is 4.79 Å². The van der Waals surface area contributed by atoms with Crippen LogP contribution < -0.4 is 5.32 Å². The van der Waals surface area contributed by atoms with Crippen molar-refractivity contribution in [2.75, 3.05) is 0 Å². The molecule has 2 nitrogen and oxygen atoms in total. The highest BCUT2D eigenvalue weighted by Crippen LogP contribution is 2.50. The van der Waals surface area contributed by atoms with Gasteiger partial charge in [0.1, 0.15) is 0 Å². The van der Waals surface area contributed by atoms with Crippen molar-refractivity contribution in [1.29, 1.82) is 0 Å². The Morgan fingerprint density at radius 1 is 1.14 bits per heavy atom. The largest absolute Gasteiger partial charge is 0.353 e. The van der Waals surface area contributed by atoms with Crippen LogP contribution in [0.15, 0.2) is 30.3 Å². The molecule has 1 amide bonds. The number of hydrogen-bond acceptors (Lipinski definition) is 1. The standard InChI is InChI=1S/C19H25NO/c1-12(16-10-13-7-8-15(16)9-13)20-19(21)18-11-17(18)14-5-3-2-4-6-14/h2-6,12-13,15-18H,7-11H2,1H3,(H,20,21)/t12-,13-,15-,16+,17+,18+/m0/s1. The number of rotatable bonds is 4. The molecule has 0 spiro atoms. The number of hydrogen-bond donors (Lipinski definition) is 1. The van der Waals surface area contributed by atoms with Crippen LogP contribution >= 0.6 is 0 Å². The van der Waals surface area contributed by atoms with Crippen LogP contribution in [0.25, 0.3) is 0 Å². The highest BCUT2D eigenvalue weighted by molar-refractivity contribution is 5.83. The average Bonchev–Trinajstić information content (AvgIpc) is 3.03. The van der Waals surface area contributed by atoms with Gasteiger partial charge in [0.2, 0.25) is 5.91 Å².